The summed E-state index contributed by atoms with van der Waals surface area (Å²) in [6.45, 7) is 0. The van der Waals surface area contributed by atoms with E-state index in [4.69, 9.17) is 5.73 Å². The predicted octanol–water partition coefficient (Wildman–Crippen LogP) is 4.82. The van der Waals surface area contributed by atoms with Gasteiger partial charge >= 0.3 is 0 Å². The largest absolute Gasteiger partial charge is 0.398 e. The number of benzene rings is 3. The Labute approximate surface area is 169 Å². The summed E-state index contributed by atoms with van der Waals surface area (Å²) in [5.41, 5.74) is 12.6. The Hall–Kier alpha value is -2.72. The number of amides is 1. The number of nitrogens with two attached hydrogens (primary N) is 1. The summed E-state index contributed by atoms with van der Waals surface area (Å²) in [5.74, 6) is -0.207. The minimum atomic E-state index is -0.207. The van der Waals surface area contributed by atoms with Crippen LogP contribution in [0, 0.1) is 0 Å². The number of nitrogens with zero attached hydrogens (tertiary/aromatic N) is 1. The van der Waals surface area contributed by atoms with E-state index in [1.807, 2.05) is 12.1 Å². The number of carbonyl (C=O) groups excluding carboxylic acids is 1. The third-order valence-electron chi connectivity index (χ3n) is 4.86. The van der Waals surface area contributed by atoms with Gasteiger partial charge in [0.2, 0.25) is 0 Å². The van der Waals surface area contributed by atoms with Crippen molar-refractivity contribution in [2.45, 2.75) is 19.3 Å². The fourth-order valence-electron chi connectivity index (χ4n) is 3.36. The van der Waals surface area contributed by atoms with Gasteiger partial charge in [-0.1, -0.05) is 60.7 Å². The van der Waals surface area contributed by atoms with Crippen molar-refractivity contribution in [1.82, 2.24) is 0 Å². The lowest BCUT2D eigenvalue weighted by molar-refractivity contribution is 0.100. The highest BCUT2D eigenvalue weighted by Crippen LogP contribution is 2.25. The molecule has 0 saturated heterocycles. The molecule has 0 saturated carbocycles. The quantitative estimate of drug-likeness (QED) is 0.615. The Morgan fingerprint density at radius 1 is 0.815 bits per heavy atom. The lowest BCUT2D eigenvalue weighted by Gasteiger charge is -2.17. The van der Waals surface area contributed by atoms with Crippen molar-refractivity contribution in [2.24, 2.45) is 4.99 Å². The zero-order valence-electron chi connectivity index (χ0n) is 14.9. The van der Waals surface area contributed by atoms with E-state index in [0.29, 0.717) is 17.7 Å². The topological polar surface area (TPSA) is 55.4 Å². The van der Waals surface area contributed by atoms with Gasteiger partial charge in [-0.05, 0) is 47.2 Å². The first-order valence-corrected chi connectivity index (χ1v) is 8.83. The molecule has 4 rings (SSSR count). The first-order valence-electron chi connectivity index (χ1n) is 8.83. The molecule has 1 amide bonds. The minimum absolute atomic E-state index is 0. The van der Waals surface area contributed by atoms with Gasteiger partial charge in [-0.15, -0.1) is 17.0 Å². The molecule has 1 aliphatic heterocycles. The molecule has 0 spiro atoms. The Bertz CT molecular complexity index is 979. The van der Waals surface area contributed by atoms with E-state index in [1.54, 1.807) is 12.1 Å². The number of aryl methyl sites for hydroxylation is 2. The van der Waals surface area contributed by atoms with Gasteiger partial charge in [-0.3, -0.25) is 4.79 Å². The van der Waals surface area contributed by atoms with Crippen LogP contribution < -0.4 is 5.73 Å². The summed E-state index contributed by atoms with van der Waals surface area (Å²) in [6, 6.07) is 24.3. The van der Waals surface area contributed by atoms with Crippen LogP contribution in [0.15, 0.2) is 77.8 Å². The average Bonchev–Trinajstić information content (AvgIpc) is 2.68. The van der Waals surface area contributed by atoms with Gasteiger partial charge in [0, 0.05) is 17.7 Å². The Kier molecular flexibility index (Phi) is 5.87. The molecule has 4 heteroatoms. The Morgan fingerprint density at radius 2 is 1.48 bits per heavy atom. The standard InChI is InChI=1S/C23H20N2O.BrH/c24-21-8-4-7-19-20(21)15-22(25-23(19)26)18-13-11-17(12-14-18)10-9-16-5-2-1-3-6-16;/h1-8,11-14H,9-10,15,24H2;1H. The SMILES string of the molecule is Br.Nc1cccc2c1CC(c1ccc(CCc3ccccc3)cc1)=NC2=O. The number of fused-ring (bicyclic) bond motifs is 1. The van der Waals surface area contributed by atoms with Crippen LogP contribution in [0.25, 0.3) is 0 Å². The van der Waals surface area contributed by atoms with Crippen molar-refractivity contribution in [3.63, 3.8) is 0 Å². The molecular weight excluding hydrogens is 400 g/mol. The van der Waals surface area contributed by atoms with Gasteiger partial charge in [0.25, 0.3) is 5.91 Å². The molecule has 0 bridgehead atoms. The zero-order chi connectivity index (χ0) is 17.9. The number of nitrogen functional groups attached to an aromatic ring is 1. The number of carbonyl (C=O) groups is 1. The van der Waals surface area contributed by atoms with Crippen LogP contribution in [0.2, 0.25) is 0 Å². The fraction of sp³-hybridized carbons (Fsp3) is 0.130. The highest BCUT2D eigenvalue weighted by atomic mass is 79.9. The van der Waals surface area contributed by atoms with Crippen molar-refractivity contribution < 1.29 is 4.79 Å². The molecule has 0 aliphatic carbocycles. The number of rotatable bonds is 4. The van der Waals surface area contributed by atoms with Gasteiger partial charge in [-0.2, -0.15) is 0 Å². The monoisotopic (exact) mass is 420 g/mol. The van der Waals surface area contributed by atoms with Crippen molar-refractivity contribution in [3.05, 3.63) is 101 Å². The highest BCUT2D eigenvalue weighted by molar-refractivity contribution is 8.93. The summed E-state index contributed by atoms with van der Waals surface area (Å²) in [5, 5.41) is 0. The molecule has 136 valence electrons. The van der Waals surface area contributed by atoms with E-state index >= 15 is 0 Å². The predicted molar refractivity (Wildman–Crippen MR) is 116 cm³/mol. The lowest BCUT2D eigenvalue weighted by Crippen LogP contribution is -2.19. The van der Waals surface area contributed by atoms with Crippen molar-refractivity contribution in [3.8, 4) is 0 Å². The summed E-state index contributed by atoms with van der Waals surface area (Å²) in [4.78, 5) is 16.6. The van der Waals surface area contributed by atoms with Gasteiger partial charge in [-0.25, -0.2) is 4.99 Å². The van der Waals surface area contributed by atoms with Crippen LogP contribution in [0.5, 0.6) is 0 Å². The Morgan fingerprint density at radius 3 is 2.19 bits per heavy atom. The van der Waals surface area contributed by atoms with E-state index in [0.717, 1.165) is 29.7 Å². The maximum atomic E-state index is 12.3. The van der Waals surface area contributed by atoms with Gasteiger partial charge in [0.15, 0.2) is 0 Å². The molecule has 0 unspecified atom stereocenters. The number of halogens is 1. The summed E-state index contributed by atoms with van der Waals surface area (Å²) in [6.07, 6.45) is 2.60. The second kappa shape index (κ2) is 8.31. The molecule has 1 aliphatic rings. The zero-order valence-corrected chi connectivity index (χ0v) is 16.6. The van der Waals surface area contributed by atoms with Gasteiger partial charge in [0.05, 0.1) is 5.71 Å². The molecule has 3 aromatic rings. The van der Waals surface area contributed by atoms with E-state index < -0.39 is 0 Å². The van der Waals surface area contributed by atoms with E-state index in [-0.39, 0.29) is 22.9 Å². The van der Waals surface area contributed by atoms with Crippen LogP contribution in [0.1, 0.15) is 32.6 Å². The number of aliphatic imine (C=N–C) groups is 1. The van der Waals surface area contributed by atoms with Gasteiger partial charge in [0.1, 0.15) is 0 Å². The summed E-state index contributed by atoms with van der Waals surface area (Å²) >= 11 is 0. The van der Waals surface area contributed by atoms with E-state index in [2.05, 4.69) is 53.5 Å². The maximum Gasteiger partial charge on any atom is 0.277 e. The average molecular weight is 421 g/mol. The Balaban J connectivity index is 0.00000210. The molecule has 2 N–H and O–H groups in total. The summed E-state index contributed by atoms with van der Waals surface area (Å²) in [7, 11) is 0. The van der Waals surface area contributed by atoms with Crippen LogP contribution >= 0.6 is 17.0 Å². The summed E-state index contributed by atoms with van der Waals surface area (Å²) < 4.78 is 0. The maximum absolute atomic E-state index is 12.3. The smallest absolute Gasteiger partial charge is 0.277 e. The molecule has 27 heavy (non-hydrogen) atoms. The molecule has 1 heterocycles. The van der Waals surface area contributed by atoms with Crippen molar-refractivity contribution in [2.75, 3.05) is 5.73 Å². The molecule has 3 aromatic carbocycles. The van der Waals surface area contributed by atoms with Gasteiger partial charge < -0.3 is 5.73 Å². The molecule has 0 aromatic heterocycles. The van der Waals surface area contributed by atoms with Crippen molar-refractivity contribution >= 4 is 34.3 Å². The highest BCUT2D eigenvalue weighted by Gasteiger charge is 2.21. The first-order chi connectivity index (χ1) is 12.7. The van der Waals surface area contributed by atoms with Crippen LogP contribution in [0.4, 0.5) is 5.69 Å². The van der Waals surface area contributed by atoms with Crippen LogP contribution in [0.3, 0.4) is 0 Å². The molecular formula is C23H21BrN2O. The third kappa shape index (κ3) is 4.17. The van der Waals surface area contributed by atoms with E-state index in [9.17, 15) is 4.79 Å². The lowest BCUT2D eigenvalue weighted by atomic mass is 9.92. The van der Waals surface area contributed by atoms with E-state index in [1.165, 1.54) is 11.1 Å². The third-order valence-corrected chi connectivity index (χ3v) is 4.86. The normalized spacial score (nSPS) is 12.7. The minimum Gasteiger partial charge on any atom is -0.398 e. The van der Waals surface area contributed by atoms with Crippen LogP contribution in [-0.4, -0.2) is 11.6 Å². The number of hydrogen-bond donors (Lipinski definition) is 1. The fourth-order valence-corrected chi connectivity index (χ4v) is 3.36. The van der Waals surface area contributed by atoms with Crippen LogP contribution in [-0.2, 0) is 19.3 Å². The molecule has 3 nitrogen and oxygen atoms in total. The van der Waals surface area contributed by atoms with Crippen molar-refractivity contribution in [1.29, 1.82) is 0 Å². The molecule has 0 atom stereocenters. The molecule has 0 fully saturated rings. The number of hydrogen-bond acceptors (Lipinski definition) is 2. The second-order valence-corrected chi connectivity index (χ2v) is 6.60. The number of anilines is 1. The second-order valence-electron chi connectivity index (χ2n) is 6.60. The first kappa shape index (κ1) is 19.1. The molecule has 0 radical (unpaired) electrons.